The van der Waals surface area contributed by atoms with E-state index in [0.717, 1.165) is 11.1 Å². The Morgan fingerprint density at radius 2 is 1.92 bits per heavy atom. The summed E-state index contributed by atoms with van der Waals surface area (Å²) in [5, 5.41) is 7.36. The van der Waals surface area contributed by atoms with Crippen LogP contribution < -0.4 is 5.32 Å². The van der Waals surface area contributed by atoms with Crippen LogP contribution in [0.25, 0.3) is 5.52 Å². The van der Waals surface area contributed by atoms with E-state index in [1.54, 1.807) is 29.3 Å². The highest BCUT2D eigenvalue weighted by atomic mass is 16.2. The number of fused-ring (bicyclic) bond motifs is 1. The Balaban J connectivity index is 1.64. The fourth-order valence-electron chi connectivity index (χ4n) is 2.88. The Morgan fingerprint density at radius 3 is 2.72 bits per heavy atom. The van der Waals surface area contributed by atoms with E-state index in [-0.39, 0.29) is 11.9 Å². The fraction of sp³-hybridized carbons (Fsp3) is 0.105. The first-order valence-corrected chi connectivity index (χ1v) is 8.05. The summed E-state index contributed by atoms with van der Waals surface area (Å²) >= 11 is 0. The van der Waals surface area contributed by atoms with Crippen molar-refractivity contribution in [2.24, 2.45) is 0 Å². The Hall–Kier alpha value is -3.41. The van der Waals surface area contributed by atoms with E-state index in [1.807, 2.05) is 59.3 Å². The number of amides is 1. The highest BCUT2D eigenvalue weighted by molar-refractivity contribution is 5.93. The number of nitrogens with zero attached hydrogens (tertiary/aromatic N) is 4. The van der Waals surface area contributed by atoms with Crippen molar-refractivity contribution < 1.29 is 4.79 Å². The van der Waals surface area contributed by atoms with Crippen LogP contribution in [0, 0.1) is 0 Å². The largest absolute Gasteiger partial charge is 0.342 e. The van der Waals surface area contributed by atoms with Crippen molar-refractivity contribution in [1.82, 2.24) is 24.5 Å². The van der Waals surface area contributed by atoms with Gasteiger partial charge in [0.15, 0.2) is 0 Å². The molecule has 124 valence electrons. The molecule has 0 saturated carbocycles. The number of carbonyl (C=O) groups excluding carboxylic acids is 1. The molecule has 0 bridgehead atoms. The fourth-order valence-corrected chi connectivity index (χ4v) is 2.88. The molecule has 1 atom stereocenters. The summed E-state index contributed by atoms with van der Waals surface area (Å²) in [4.78, 5) is 16.9. The zero-order valence-electron chi connectivity index (χ0n) is 13.5. The van der Waals surface area contributed by atoms with Crippen LogP contribution in [-0.2, 0) is 6.54 Å². The number of benzene rings is 1. The normalized spacial score (nSPS) is 12.2. The first-order chi connectivity index (χ1) is 12.3. The molecule has 0 unspecified atom stereocenters. The molecule has 0 fully saturated rings. The number of hydrogen-bond acceptors (Lipinski definition) is 3. The third-order valence-corrected chi connectivity index (χ3v) is 4.11. The van der Waals surface area contributed by atoms with Crippen molar-refractivity contribution in [1.29, 1.82) is 0 Å². The lowest BCUT2D eigenvalue weighted by atomic mass is 10.1. The zero-order valence-corrected chi connectivity index (χ0v) is 13.5. The first kappa shape index (κ1) is 15.1. The van der Waals surface area contributed by atoms with Gasteiger partial charge in [0.2, 0.25) is 0 Å². The number of rotatable bonds is 5. The van der Waals surface area contributed by atoms with Crippen LogP contribution in [0.2, 0.25) is 0 Å². The number of imidazole rings is 1. The summed E-state index contributed by atoms with van der Waals surface area (Å²) < 4.78 is 3.60. The Labute approximate surface area is 144 Å². The molecule has 0 radical (unpaired) electrons. The lowest BCUT2D eigenvalue weighted by Crippen LogP contribution is -2.32. The van der Waals surface area contributed by atoms with Gasteiger partial charge in [0, 0.05) is 18.9 Å². The number of hydrogen-bond donors (Lipinski definition) is 1. The van der Waals surface area contributed by atoms with Gasteiger partial charge in [-0.15, -0.1) is 0 Å². The van der Waals surface area contributed by atoms with Gasteiger partial charge in [-0.2, -0.15) is 5.10 Å². The molecule has 1 N–H and O–H groups in total. The van der Waals surface area contributed by atoms with Gasteiger partial charge in [0.1, 0.15) is 5.69 Å². The average Bonchev–Trinajstić information content (AvgIpc) is 3.33. The van der Waals surface area contributed by atoms with Gasteiger partial charge in [0.05, 0.1) is 24.1 Å². The van der Waals surface area contributed by atoms with Crippen molar-refractivity contribution in [3.05, 3.63) is 90.8 Å². The smallest absolute Gasteiger partial charge is 0.270 e. The monoisotopic (exact) mass is 331 g/mol. The molecular weight excluding hydrogens is 314 g/mol. The van der Waals surface area contributed by atoms with Gasteiger partial charge in [-0.3, -0.25) is 4.79 Å². The lowest BCUT2D eigenvalue weighted by molar-refractivity contribution is 0.0925. The van der Waals surface area contributed by atoms with Crippen molar-refractivity contribution in [3.8, 4) is 0 Å². The Kier molecular flexibility index (Phi) is 4.00. The molecule has 6 heteroatoms. The maximum absolute atomic E-state index is 12.9. The van der Waals surface area contributed by atoms with E-state index < -0.39 is 0 Å². The van der Waals surface area contributed by atoms with Crippen LogP contribution in [0.4, 0.5) is 0 Å². The summed E-state index contributed by atoms with van der Waals surface area (Å²) in [6.45, 7) is 0.602. The Morgan fingerprint density at radius 1 is 1.04 bits per heavy atom. The predicted molar refractivity (Wildman–Crippen MR) is 94.1 cm³/mol. The number of nitrogens with one attached hydrogen (secondary N) is 1. The third kappa shape index (κ3) is 3.14. The summed E-state index contributed by atoms with van der Waals surface area (Å²) in [5.74, 6) is -0.164. The summed E-state index contributed by atoms with van der Waals surface area (Å²) in [7, 11) is 0. The molecular formula is C19H17N5O. The van der Waals surface area contributed by atoms with Crippen LogP contribution in [0.15, 0.2) is 79.5 Å². The maximum atomic E-state index is 12.9. The molecule has 0 aliphatic rings. The van der Waals surface area contributed by atoms with Crippen LogP contribution in [0.3, 0.4) is 0 Å². The van der Waals surface area contributed by atoms with E-state index >= 15 is 0 Å². The average molecular weight is 331 g/mol. The molecule has 0 aliphatic heterocycles. The second-order valence-electron chi connectivity index (χ2n) is 5.78. The molecule has 0 aliphatic carbocycles. The molecule has 4 aromatic rings. The topological polar surface area (TPSA) is 64.2 Å². The van der Waals surface area contributed by atoms with Crippen molar-refractivity contribution in [2.45, 2.75) is 12.6 Å². The zero-order chi connectivity index (χ0) is 17.1. The highest BCUT2D eigenvalue weighted by Gasteiger charge is 2.18. The minimum Gasteiger partial charge on any atom is -0.342 e. The van der Waals surface area contributed by atoms with Gasteiger partial charge in [0.25, 0.3) is 5.91 Å². The quantitative estimate of drug-likeness (QED) is 0.611. The van der Waals surface area contributed by atoms with E-state index in [4.69, 9.17) is 0 Å². The van der Waals surface area contributed by atoms with E-state index in [1.165, 1.54) is 0 Å². The number of aromatic nitrogens is 4. The van der Waals surface area contributed by atoms with Gasteiger partial charge in [-0.05, 0) is 23.8 Å². The highest BCUT2D eigenvalue weighted by Crippen LogP contribution is 2.16. The van der Waals surface area contributed by atoms with E-state index in [9.17, 15) is 4.79 Å². The molecule has 6 nitrogen and oxygen atoms in total. The van der Waals surface area contributed by atoms with Crippen LogP contribution in [0.5, 0.6) is 0 Å². The molecule has 4 rings (SSSR count). The van der Waals surface area contributed by atoms with E-state index in [2.05, 4.69) is 15.4 Å². The molecule has 0 spiro atoms. The van der Waals surface area contributed by atoms with Crippen molar-refractivity contribution in [3.63, 3.8) is 0 Å². The third-order valence-electron chi connectivity index (χ3n) is 4.11. The second kappa shape index (κ2) is 6.60. The van der Waals surface area contributed by atoms with Gasteiger partial charge < -0.3 is 9.88 Å². The lowest BCUT2D eigenvalue weighted by Gasteiger charge is -2.20. The maximum Gasteiger partial charge on any atom is 0.270 e. The minimum absolute atomic E-state index is 0.164. The van der Waals surface area contributed by atoms with Crippen LogP contribution >= 0.6 is 0 Å². The molecule has 3 heterocycles. The van der Waals surface area contributed by atoms with Gasteiger partial charge in [-0.25, -0.2) is 9.50 Å². The Bertz CT molecular complexity index is 975. The van der Waals surface area contributed by atoms with Crippen molar-refractivity contribution in [2.75, 3.05) is 0 Å². The van der Waals surface area contributed by atoms with Crippen LogP contribution in [-0.4, -0.2) is 25.1 Å². The standard InChI is InChI=1S/C19H17N5O/c25-19(18-8-4-7-16-9-10-21-24(16)18)22-17(13-23-12-11-20-14-23)15-5-2-1-3-6-15/h1-12,14,17H,13H2,(H,22,25)/t17-/m0/s1. The number of carbonyl (C=O) groups is 1. The van der Waals surface area contributed by atoms with Gasteiger partial charge >= 0.3 is 0 Å². The molecule has 3 aromatic heterocycles. The summed E-state index contributed by atoms with van der Waals surface area (Å²) in [6, 6.07) is 17.2. The predicted octanol–water partition coefficient (Wildman–Crippen LogP) is 2.70. The molecule has 1 aromatic carbocycles. The van der Waals surface area contributed by atoms with Gasteiger partial charge in [-0.1, -0.05) is 36.4 Å². The SMILES string of the molecule is O=C(N[C@@H](Cn1ccnc1)c1ccccc1)c1cccc2ccnn12. The number of pyridine rings is 1. The minimum atomic E-state index is -0.172. The summed E-state index contributed by atoms with van der Waals surface area (Å²) in [5.41, 5.74) is 2.43. The van der Waals surface area contributed by atoms with E-state index in [0.29, 0.717) is 12.2 Å². The van der Waals surface area contributed by atoms with Crippen LogP contribution in [0.1, 0.15) is 22.1 Å². The van der Waals surface area contributed by atoms with Crippen molar-refractivity contribution >= 4 is 11.4 Å². The first-order valence-electron chi connectivity index (χ1n) is 8.05. The molecule has 0 saturated heterocycles. The second-order valence-corrected chi connectivity index (χ2v) is 5.78. The molecule has 25 heavy (non-hydrogen) atoms. The summed E-state index contributed by atoms with van der Waals surface area (Å²) in [6.07, 6.45) is 7.05. The molecule has 1 amide bonds.